The van der Waals surface area contributed by atoms with Crippen molar-refractivity contribution in [2.75, 3.05) is 0 Å². The van der Waals surface area contributed by atoms with Gasteiger partial charge in [0, 0.05) is 23.9 Å². The molecule has 2 rings (SSSR count). The first kappa shape index (κ1) is 11.9. The Morgan fingerprint density at radius 2 is 2.47 bits per heavy atom. The van der Waals surface area contributed by atoms with Crippen molar-refractivity contribution in [3.8, 4) is 0 Å². The number of nitrogens with one attached hydrogen (secondary N) is 2. The second kappa shape index (κ2) is 5.17. The Morgan fingerprint density at radius 3 is 3.12 bits per heavy atom. The van der Waals surface area contributed by atoms with E-state index < -0.39 is 0 Å². The Bertz CT molecular complexity index is 397. The number of rotatable bonds is 4. The van der Waals surface area contributed by atoms with E-state index in [1.165, 1.54) is 0 Å². The van der Waals surface area contributed by atoms with Crippen molar-refractivity contribution in [1.82, 2.24) is 15.3 Å². The minimum absolute atomic E-state index is 0.0557. The van der Waals surface area contributed by atoms with E-state index in [0.717, 1.165) is 31.4 Å². The third kappa shape index (κ3) is 3.44. The third-order valence-electron chi connectivity index (χ3n) is 3.22. The van der Waals surface area contributed by atoms with Gasteiger partial charge in [0.2, 0.25) is 5.91 Å². The van der Waals surface area contributed by atoms with E-state index in [0.29, 0.717) is 6.42 Å². The zero-order chi connectivity index (χ0) is 12.1. The van der Waals surface area contributed by atoms with Crippen LogP contribution in [0.2, 0.25) is 0 Å². The van der Waals surface area contributed by atoms with E-state index in [9.17, 15) is 4.79 Å². The Kier molecular flexibility index (Phi) is 3.61. The molecule has 1 aromatic heterocycles. The number of carbonyl (C=O) groups excluding carboxylic acids is 1. The molecule has 1 amide bonds. The highest BCUT2D eigenvalue weighted by Crippen LogP contribution is 2.22. The quantitative estimate of drug-likeness (QED) is 0.781. The number of aromatic nitrogens is 2. The molecule has 1 aliphatic rings. The van der Waals surface area contributed by atoms with Crippen molar-refractivity contribution < 1.29 is 4.79 Å². The van der Waals surface area contributed by atoms with Crippen LogP contribution < -0.4 is 5.32 Å². The van der Waals surface area contributed by atoms with E-state index in [1.807, 2.05) is 0 Å². The van der Waals surface area contributed by atoms with Gasteiger partial charge in [-0.1, -0.05) is 12.2 Å². The van der Waals surface area contributed by atoms with Crippen molar-refractivity contribution in [2.24, 2.45) is 0 Å². The molecule has 1 atom stereocenters. The number of imidazole rings is 1. The van der Waals surface area contributed by atoms with Crippen LogP contribution in [0.1, 0.15) is 38.3 Å². The summed E-state index contributed by atoms with van der Waals surface area (Å²) in [7, 11) is 0. The zero-order valence-corrected chi connectivity index (χ0v) is 10.2. The first-order valence-corrected chi connectivity index (χ1v) is 6.11. The highest BCUT2D eigenvalue weighted by molar-refractivity contribution is 5.77. The van der Waals surface area contributed by atoms with Gasteiger partial charge in [-0.2, -0.15) is 0 Å². The van der Waals surface area contributed by atoms with Crippen LogP contribution in [-0.4, -0.2) is 21.4 Å². The SMILES string of the molecule is CC1(NC(=O)CCc2cnc[nH]2)CC=CCC1. The maximum Gasteiger partial charge on any atom is 0.220 e. The van der Waals surface area contributed by atoms with Gasteiger partial charge in [-0.25, -0.2) is 4.98 Å². The molecular weight excluding hydrogens is 214 g/mol. The molecule has 92 valence electrons. The van der Waals surface area contributed by atoms with E-state index in [4.69, 9.17) is 0 Å². The highest BCUT2D eigenvalue weighted by atomic mass is 16.1. The van der Waals surface area contributed by atoms with Crippen molar-refractivity contribution in [3.63, 3.8) is 0 Å². The summed E-state index contributed by atoms with van der Waals surface area (Å²) in [5.41, 5.74) is 0.952. The summed E-state index contributed by atoms with van der Waals surface area (Å²) >= 11 is 0. The number of aryl methyl sites for hydroxylation is 1. The van der Waals surface area contributed by atoms with Gasteiger partial charge >= 0.3 is 0 Å². The van der Waals surface area contributed by atoms with Crippen molar-refractivity contribution in [3.05, 3.63) is 30.4 Å². The molecule has 0 aliphatic heterocycles. The van der Waals surface area contributed by atoms with Gasteiger partial charge in [0.05, 0.1) is 6.33 Å². The van der Waals surface area contributed by atoms with Crippen molar-refractivity contribution in [1.29, 1.82) is 0 Å². The lowest BCUT2D eigenvalue weighted by atomic mass is 9.87. The molecule has 1 heterocycles. The molecule has 0 aromatic carbocycles. The molecule has 1 aliphatic carbocycles. The standard InChI is InChI=1S/C13H19N3O/c1-13(7-3-2-4-8-13)16-12(17)6-5-11-9-14-10-15-11/h2-3,9-10H,4-8H2,1H3,(H,14,15)(H,16,17). The molecule has 1 unspecified atom stereocenters. The first-order valence-electron chi connectivity index (χ1n) is 6.11. The van der Waals surface area contributed by atoms with Gasteiger partial charge in [0.1, 0.15) is 0 Å². The van der Waals surface area contributed by atoms with E-state index in [1.54, 1.807) is 12.5 Å². The fourth-order valence-electron chi connectivity index (χ4n) is 2.15. The van der Waals surface area contributed by atoms with Gasteiger partial charge in [0.25, 0.3) is 0 Å². The van der Waals surface area contributed by atoms with Gasteiger partial charge in [-0.3, -0.25) is 4.79 Å². The van der Waals surface area contributed by atoms with E-state index >= 15 is 0 Å². The fourth-order valence-corrected chi connectivity index (χ4v) is 2.15. The number of nitrogens with zero attached hydrogens (tertiary/aromatic N) is 1. The monoisotopic (exact) mass is 233 g/mol. The number of aromatic amines is 1. The Labute approximate surface area is 102 Å². The largest absolute Gasteiger partial charge is 0.351 e. The summed E-state index contributed by atoms with van der Waals surface area (Å²) in [5.74, 6) is 0.123. The Balaban J connectivity index is 1.79. The minimum Gasteiger partial charge on any atom is -0.351 e. The number of H-pyrrole nitrogens is 1. The number of hydrogen-bond donors (Lipinski definition) is 2. The molecule has 0 fully saturated rings. The summed E-state index contributed by atoms with van der Waals surface area (Å²) < 4.78 is 0. The third-order valence-corrected chi connectivity index (χ3v) is 3.22. The lowest BCUT2D eigenvalue weighted by molar-refractivity contribution is -0.122. The van der Waals surface area contributed by atoms with Gasteiger partial charge in [0.15, 0.2) is 0 Å². The smallest absolute Gasteiger partial charge is 0.220 e. The van der Waals surface area contributed by atoms with Gasteiger partial charge in [-0.05, 0) is 32.6 Å². The molecule has 0 saturated carbocycles. The predicted octanol–water partition coefficient (Wildman–Crippen LogP) is 1.96. The van der Waals surface area contributed by atoms with Crippen LogP contribution in [0.3, 0.4) is 0 Å². The van der Waals surface area contributed by atoms with Crippen LogP contribution in [-0.2, 0) is 11.2 Å². The fraction of sp³-hybridized carbons (Fsp3) is 0.538. The van der Waals surface area contributed by atoms with E-state index in [2.05, 4.69) is 34.4 Å². The number of amides is 1. The Hall–Kier alpha value is -1.58. The summed E-state index contributed by atoms with van der Waals surface area (Å²) in [6.07, 6.45) is 12.0. The van der Waals surface area contributed by atoms with Crippen LogP contribution in [0.25, 0.3) is 0 Å². The molecule has 0 bridgehead atoms. The van der Waals surface area contributed by atoms with Crippen LogP contribution in [0.5, 0.6) is 0 Å². The van der Waals surface area contributed by atoms with Crippen LogP contribution in [0, 0.1) is 0 Å². The molecule has 17 heavy (non-hydrogen) atoms. The maximum atomic E-state index is 11.8. The molecule has 4 nitrogen and oxygen atoms in total. The summed E-state index contributed by atoms with van der Waals surface area (Å²) in [5, 5.41) is 3.13. The molecule has 0 saturated heterocycles. The van der Waals surface area contributed by atoms with Crippen molar-refractivity contribution >= 4 is 5.91 Å². The average Bonchev–Trinajstić information content (AvgIpc) is 2.79. The minimum atomic E-state index is -0.0557. The van der Waals surface area contributed by atoms with Crippen molar-refractivity contribution in [2.45, 2.75) is 44.6 Å². The Morgan fingerprint density at radius 1 is 1.59 bits per heavy atom. The second-order valence-corrected chi connectivity index (χ2v) is 4.90. The maximum absolute atomic E-state index is 11.8. The number of carbonyl (C=O) groups is 1. The number of hydrogen-bond acceptors (Lipinski definition) is 2. The van der Waals surface area contributed by atoms with Crippen LogP contribution in [0.15, 0.2) is 24.7 Å². The average molecular weight is 233 g/mol. The van der Waals surface area contributed by atoms with E-state index in [-0.39, 0.29) is 11.4 Å². The zero-order valence-electron chi connectivity index (χ0n) is 10.2. The van der Waals surface area contributed by atoms with Crippen LogP contribution in [0.4, 0.5) is 0 Å². The summed E-state index contributed by atoms with van der Waals surface area (Å²) in [6, 6.07) is 0. The molecule has 2 N–H and O–H groups in total. The van der Waals surface area contributed by atoms with Crippen LogP contribution >= 0.6 is 0 Å². The second-order valence-electron chi connectivity index (χ2n) is 4.90. The molecular formula is C13H19N3O. The lowest BCUT2D eigenvalue weighted by Gasteiger charge is -2.31. The van der Waals surface area contributed by atoms with Gasteiger partial charge in [-0.15, -0.1) is 0 Å². The lowest BCUT2D eigenvalue weighted by Crippen LogP contribution is -2.46. The first-order chi connectivity index (χ1) is 8.18. The molecule has 0 radical (unpaired) electrons. The summed E-state index contributed by atoms with van der Waals surface area (Å²) in [4.78, 5) is 18.8. The summed E-state index contributed by atoms with van der Waals surface area (Å²) in [6.45, 7) is 2.12. The normalized spacial score (nSPS) is 23.6. The number of allylic oxidation sites excluding steroid dienone is 1. The highest BCUT2D eigenvalue weighted by Gasteiger charge is 2.25. The predicted molar refractivity (Wildman–Crippen MR) is 66.4 cm³/mol. The molecule has 4 heteroatoms. The van der Waals surface area contributed by atoms with Gasteiger partial charge < -0.3 is 10.3 Å². The molecule has 0 spiro atoms. The topological polar surface area (TPSA) is 57.8 Å². The molecule has 1 aromatic rings.